The molecular formula is C22H24N6O2S. The molecule has 3 aromatic rings. The largest absolute Gasteiger partial charge is 0.355 e. The van der Waals surface area contributed by atoms with Crippen LogP contribution in [-0.4, -0.2) is 34.9 Å². The summed E-state index contributed by atoms with van der Waals surface area (Å²) in [6.07, 6.45) is 0. The van der Waals surface area contributed by atoms with Gasteiger partial charge in [0, 0.05) is 42.0 Å². The number of benzene rings is 2. The van der Waals surface area contributed by atoms with Gasteiger partial charge < -0.3 is 20.7 Å². The van der Waals surface area contributed by atoms with Crippen molar-refractivity contribution in [1.82, 2.24) is 15.3 Å². The van der Waals surface area contributed by atoms with E-state index in [2.05, 4.69) is 30.6 Å². The SMILES string of the molecule is CC(=O)NCCNc1nc(C)cc(C(=O)Nc2ccc(SNc3ccccc3)cc2)n1. The molecule has 0 aliphatic heterocycles. The van der Waals surface area contributed by atoms with Crippen LogP contribution in [0, 0.1) is 6.92 Å². The molecule has 3 rings (SSSR count). The summed E-state index contributed by atoms with van der Waals surface area (Å²) in [5, 5.41) is 8.54. The van der Waals surface area contributed by atoms with Gasteiger partial charge in [0.1, 0.15) is 5.69 Å². The molecule has 4 N–H and O–H groups in total. The van der Waals surface area contributed by atoms with Gasteiger partial charge >= 0.3 is 0 Å². The minimum atomic E-state index is -0.321. The average Bonchev–Trinajstić information content (AvgIpc) is 2.76. The van der Waals surface area contributed by atoms with Crippen LogP contribution in [-0.2, 0) is 4.79 Å². The highest BCUT2D eigenvalue weighted by molar-refractivity contribution is 8.00. The first-order valence-electron chi connectivity index (χ1n) is 9.73. The van der Waals surface area contributed by atoms with Crippen molar-refractivity contribution in [1.29, 1.82) is 0 Å². The highest BCUT2D eigenvalue weighted by Crippen LogP contribution is 2.22. The Hall–Kier alpha value is -3.59. The normalized spacial score (nSPS) is 10.3. The molecule has 0 saturated heterocycles. The van der Waals surface area contributed by atoms with Crippen molar-refractivity contribution in [2.75, 3.05) is 28.4 Å². The second-order valence-electron chi connectivity index (χ2n) is 6.68. The summed E-state index contributed by atoms with van der Waals surface area (Å²) in [4.78, 5) is 33.1. The third-order valence-corrected chi connectivity index (χ3v) is 4.89. The maximum absolute atomic E-state index is 12.6. The van der Waals surface area contributed by atoms with Crippen LogP contribution in [0.4, 0.5) is 17.3 Å². The third-order valence-electron chi connectivity index (χ3n) is 4.04. The van der Waals surface area contributed by atoms with Crippen LogP contribution < -0.4 is 20.7 Å². The van der Waals surface area contributed by atoms with E-state index in [9.17, 15) is 9.59 Å². The summed E-state index contributed by atoms with van der Waals surface area (Å²) in [5.41, 5.74) is 2.62. The molecule has 0 aliphatic rings. The fourth-order valence-corrected chi connectivity index (χ4v) is 3.25. The van der Waals surface area contributed by atoms with Crippen LogP contribution >= 0.6 is 11.9 Å². The molecule has 0 atom stereocenters. The number of carbonyl (C=O) groups is 2. The summed E-state index contributed by atoms with van der Waals surface area (Å²) >= 11 is 1.49. The van der Waals surface area contributed by atoms with Crippen molar-refractivity contribution >= 4 is 41.1 Å². The summed E-state index contributed by atoms with van der Waals surface area (Å²) in [6.45, 7) is 4.15. The van der Waals surface area contributed by atoms with Crippen molar-refractivity contribution in [3.05, 3.63) is 72.1 Å². The first-order valence-corrected chi connectivity index (χ1v) is 10.5. The minimum Gasteiger partial charge on any atom is -0.355 e. The van der Waals surface area contributed by atoms with E-state index >= 15 is 0 Å². The summed E-state index contributed by atoms with van der Waals surface area (Å²) in [7, 11) is 0. The van der Waals surface area contributed by atoms with Gasteiger partial charge in [0.05, 0.1) is 0 Å². The number of aromatic nitrogens is 2. The Bertz CT molecular complexity index is 1030. The van der Waals surface area contributed by atoms with Crippen LogP contribution in [0.25, 0.3) is 0 Å². The minimum absolute atomic E-state index is 0.104. The zero-order chi connectivity index (χ0) is 22.1. The smallest absolute Gasteiger partial charge is 0.274 e. The molecule has 0 unspecified atom stereocenters. The molecule has 1 heterocycles. The van der Waals surface area contributed by atoms with E-state index in [4.69, 9.17) is 0 Å². The van der Waals surface area contributed by atoms with Crippen LogP contribution in [0.2, 0.25) is 0 Å². The van der Waals surface area contributed by atoms with Crippen molar-refractivity contribution in [3.8, 4) is 0 Å². The summed E-state index contributed by atoms with van der Waals surface area (Å²) in [6, 6.07) is 19.1. The number of hydrogen-bond donors (Lipinski definition) is 4. The van der Waals surface area contributed by atoms with Crippen LogP contribution in [0.1, 0.15) is 23.1 Å². The molecule has 8 nitrogen and oxygen atoms in total. The lowest BCUT2D eigenvalue weighted by molar-refractivity contribution is -0.118. The first-order chi connectivity index (χ1) is 15.0. The van der Waals surface area contributed by atoms with E-state index in [1.807, 2.05) is 54.6 Å². The number of aryl methyl sites for hydroxylation is 1. The van der Waals surface area contributed by atoms with Gasteiger partial charge in [0.25, 0.3) is 5.91 Å². The third kappa shape index (κ3) is 7.31. The molecule has 9 heteroatoms. The predicted molar refractivity (Wildman–Crippen MR) is 124 cm³/mol. The number of rotatable bonds is 9. The van der Waals surface area contributed by atoms with Gasteiger partial charge in [-0.3, -0.25) is 9.59 Å². The maximum atomic E-state index is 12.6. The molecule has 0 saturated carbocycles. The van der Waals surface area contributed by atoms with E-state index in [1.165, 1.54) is 18.9 Å². The number of carbonyl (C=O) groups excluding carboxylic acids is 2. The van der Waals surface area contributed by atoms with Crippen molar-refractivity contribution in [2.45, 2.75) is 18.7 Å². The first kappa shape index (κ1) is 22.1. The number of para-hydroxylation sites is 1. The molecule has 0 radical (unpaired) electrons. The molecule has 2 aromatic carbocycles. The number of hydrogen-bond acceptors (Lipinski definition) is 7. The monoisotopic (exact) mass is 436 g/mol. The fourth-order valence-electron chi connectivity index (χ4n) is 2.60. The quantitative estimate of drug-likeness (QED) is 0.299. The Balaban J connectivity index is 1.56. The van der Waals surface area contributed by atoms with Crippen molar-refractivity contribution in [3.63, 3.8) is 0 Å². The second kappa shape index (κ2) is 11.0. The van der Waals surface area contributed by atoms with Gasteiger partial charge in [-0.2, -0.15) is 0 Å². The van der Waals surface area contributed by atoms with E-state index in [1.54, 1.807) is 13.0 Å². The van der Waals surface area contributed by atoms with Crippen LogP contribution in [0.5, 0.6) is 0 Å². The lowest BCUT2D eigenvalue weighted by atomic mass is 10.3. The number of amides is 2. The van der Waals surface area contributed by atoms with E-state index < -0.39 is 0 Å². The lowest BCUT2D eigenvalue weighted by Gasteiger charge is -2.10. The summed E-state index contributed by atoms with van der Waals surface area (Å²) in [5.74, 6) is -0.0836. The molecule has 0 fully saturated rings. The topological polar surface area (TPSA) is 108 Å². The molecule has 0 spiro atoms. The Morgan fingerprint density at radius 3 is 2.39 bits per heavy atom. The maximum Gasteiger partial charge on any atom is 0.274 e. The van der Waals surface area contributed by atoms with Gasteiger partial charge in [-0.15, -0.1) is 0 Å². The van der Waals surface area contributed by atoms with Gasteiger partial charge in [0.2, 0.25) is 11.9 Å². The second-order valence-corrected chi connectivity index (χ2v) is 7.56. The van der Waals surface area contributed by atoms with E-state index in [0.717, 1.165) is 10.6 Å². The van der Waals surface area contributed by atoms with Crippen LogP contribution in [0.3, 0.4) is 0 Å². The highest BCUT2D eigenvalue weighted by Gasteiger charge is 2.11. The molecular weight excluding hydrogens is 412 g/mol. The van der Waals surface area contributed by atoms with Crippen molar-refractivity contribution in [2.24, 2.45) is 0 Å². The number of nitrogens with zero attached hydrogens (tertiary/aromatic N) is 2. The van der Waals surface area contributed by atoms with Gasteiger partial charge in [0.15, 0.2) is 0 Å². The van der Waals surface area contributed by atoms with Gasteiger partial charge in [-0.05, 0) is 61.3 Å². The molecule has 31 heavy (non-hydrogen) atoms. The Morgan fingerprint density at radius 2 is 1.68 bits per heavy atom. The molecule has 160 valence electrons. The van der Waals surface area contributed by atoms with Crippen molar-refractivity contribution < 1.29 is 9.59 Å². The lowest BCUT2D eigenvalue weighted by Crippen LogP contribution is -2.27. The Labute approximate surface area is 185 Å². The fraction of sp³-hybridized carbons (Fsp3) is 0.182. The summed E-state index contributed by atoms with van der Waals surface area (Å²) < 4.78 is 3.27. The van der Waals surface area contributed by atoms with E-state index in [0.29, 0.717) is 30.4 Å². The zero-order valence-corrected chi connectivity index (χ0v) is 18.1. The Morgan fingerprint density at radius 1 is 0.935 bits per heavy atom. The number of nitrogens with one attached hydrogen (secondary N) is 4. The molecule has 0 aliphatic carbocycles. The standard InChI is InChI=1S/C22H24N6O2S/c1-15-14-20(27-22(25-15)24-13-12-23-16(2)29)21(30)26-17-8-10-19(11-9-17)31-28-18-6-4-3-5-7-18/h3-11,14,28H,12-13H2,1-2H3,(H,23,29)(H,26,30)(H,24,25,27). The molecule has 0 bridgehead atoms. The molecule has 2 amide bonds. The highest BCUT2D eigenvalue weighted by atomic mass is 32.2. The van der Waals surface area contributed by atoms with E-state index in [-0.39, 0.29) is 17.5 Å². The van der Waals surface area contributed by atoms with Crippen LogP contribution in [0.15, 0.2) is 65.6 Å². The molecule has 1 aromatic heterocycles. The van der Waals surface area contributed by atoms with Gasteiger partial charge in [-0.25, -0.2) is 9.97 Å². The average molecular weight is 437 g/mol. The Kier molecular flexibility index (Phi) is 7.83. The zero-order valence-electron chi connectivity index (χ0n) is 17.3. The number of anilines is 3. The predicted octanol–water partition coefficient (Wildman–Crippen LogP) is 3.70. The van der Waals surface area contributed by atoms with Gasteiger partial charge in [-0.1, -0.05) is 18.2 Å².